The van der Waals surface area contributed by atoms with Crippen LogP contribution in [0.2, 0.25) is 0 Å². The molecule has 0 spiro atoms. The fraction of sp³-hybridized carbons (Fsp3) is 0.857. The first-order valence-corrected chi connectivity index (χ1v) is 3.43. The molecule has 0 aliphatic rings. The summed E-state index contributed by atoms with van der Waals surface area (Å²) in [6, 6.07) is 0. The van der Waals surface area contributed by atoms with Gasteiger partial charge in [-0.3, -0.25) is 4.89 Å². The molecule has 62 valence electrons. The first kappa shape index (κ1) is 14.0. The zero-order chi connectivity index (χ0) is 7.98. The fourth-order valence-corrected chi connectivity index (χ4v) is 0.408. The van der Waals surface area contributed by atoms with Crippen molar-refractivity contribution in [1.82, 2.24) is 0 Å². The Balaban J connectivity index is -0.000000405. The van der Waals surface area contributed by atoms with Crippen molar-refractivity contribution in [3.63, 3.8) is 0 Å². The van der Waals surface area contributed by atoms with Gasteiger partial charge in [-0.15, -0.1) is 0 Å². The van der Waals surface area contributed by atoms with E-state index in [0.717, 1.165) is 6.42 Å². The Kier molecular flexibility index (Phi) is 10.8. The molecule has 0 fully saturated rings. The van der Waals surface area contributed by atoms with Gasteiger partial charge in [0.15, 0.2) is 0 Å². The predicted octanol–water partition coefficient (Wildman–Crippen LogP) is -1.36. The summed E-state index contributed by atoms with van der Waals surface area (Å²) in [6.45, 7) is 5.96. The quantitative estimate of drug-likeness (QED) is 0.226. The molecule has 0 aliphatic carbocycles. The number of hydrogen-bond acceptors (Lipinski definition) is 3. The maximum absolute atomic E-state index is 10.1. The van der Waals surface area contributed by atoms with E-state index in [4.69, 9.17) is 0 Å². The van der Waals surface area contributed by atoms with E-state index in [0.29, 0.717) is 12.5 Å². The first-order valence-electron chi connectivity index (χ1n) is 3.43. The smallest absolute Gasteiger partial charge is 1.00 e. The minimum Gasteiger partial charge on any atom is -1.00 e. The third kappa shape index (κ3) is 13.4. The molecule has 0 unspecified atom stereocenters. The molecule has 0 aromatic rings. The zero-order valence-corrected chi connectivity index (χ0v) is 9.72. The molecular weight excluding hydrogens is 155 g/mol. The zero-order valence-electron chi connectivity index (χ0n) is 8.72. The van der Waals surface area contributed by atoms with Crippen LogP contribution >= 0.6 is 0 Å². The van der Waals surface area contributed by atoms with Crippen molar-refractivity contribution in [1.29, 1.82) is 0 Å². The van der Waals surface area contributed by atoms with Crippen molar-refractivity contribution in [3.05, 3.63) is 0 Å². The van der Waals surface area contributed by atoms with Crippen molar-refractivity contribution in [2.45, 2.75) is 27.2 Å². The maximum atomic E-state index is 10.1. The summed E-state index contributed by atoms with van der Waals surface area (Å²) in [5, 5.41) is 0. The SMILES string of the molecule is CC(=O)OOCCC(C)C.[H-].[Na+]. The number of carbonyl (C=O) groups is 1. The van der Waals surface area contributed by atoms with Gasteiger partial charge in [0.1, 0.15) is 0 Å². The Hall–Kier alpha value is 0.430. The Morgan fingerprint density at radius 1 is 1.55 bits per heavy atom. The van der Waals surface area contributed by atoms with E-state index in [1.165, 1.54) is 6.92 Å². The van der Waals surface area contributed by atoms with Gasteiger partial charge in [0.25, 0.3) is 0 Å². The number of hydrogen-bond donors (Lipinski definition) is 0. The van der Waals surface area contributed by atoms with Crippen LogP contribution in [0.1, 0.15) is 28.6 Å². The fourth-order valence-electron chi connectivity index (χ4n) is 0.408. The molecule has 0 aliphatic heterocycles. The van der Waals surface area contributed by atoms with E-state index in [1.54, 1.807) is 0 Å². The van der Waals surface area contributed by atoms with Crippen molar-refractivity contribution >= 4 is 5.97 Å². The average molecular weight is 170 g/mol. The van der Waals surface area contributed by atoms with Crippen molar-refractivity contribution < 1.29 is 45.6 Å². The monoisotopic (exact) mass is 170 g/mol. The average Bonchev–Trinajstić information content (AvgIpc) is 1.79. The Labute approximate surface area is 91.1 Å². The van der Waals surface area contributed by atoms with Crippen LogP contribution in [0.25, 0.3) is 0 Å². The van der Waals surface area contributed by atoms with Gasteiger partial charge in [-0.1, -0.05) is 13.8 Å². The molecular formula is C7H15NaO3. The molecule has 0 atom stereocenters. The molecule has 11 heavy (non-hydrogen) atoms. The topological polar surface area (TPSA) is 35.5 Å². The number of rotatable bonds is 4. The van der Waals surface area contributed by atoms with Gasteiger partial charge in [0, 0.05) is 6.92 Å². The van der Waals surface area contributed by atoms with Crippen molar-refractivity contribution in [2.75, 3.05) is 6.61 Å². The van der Waals surface area contributed by atoms with Gasteiger partial charge in [-0.05, 0) is 12.3 Å². The molecule has 0 rings (SSSR count). The van der Waals surface area contributed by atoms with Gasteiger partial charge in [-0.25, -0.2) is 4.79 Å². The van der Waals surface area contributed by atoms with Gasteiger partial charge in [0.05, 0.1) is 6.61 Å². The summed E-state index contributed by atoms with van der Waals surface area (Å²) < 4.78 is 0. The minimum absolute atomic E-state index is 0. The molecule has 0 aromatic heterocycles. The van der Waals surface area contributed by atoms with Gasteiger partial charge < -0.3 is 1.43 Å². The minimum atomic E-state index is -0.399. The summed E-state index contributed by atoms with van der Waals surface area (Å²) in [6.07, 6.45) is 0.910. The van der Waals surface area contributed by atoms with Crippen LogP contribution in [0.3, 0.4) is 0 Å². The van der Waals surface area contributed by atoms with Gasteiger partial charge >= 0.3 is 35.5 Å². The van der Waals surface area contributed by atoms with E-state index < -0.39 is 5.97 Å². The number of carbonyl (C=O) groups excluding carboxylic acids is 1. The molecule has 0 N–H and O–H groups in total. The molecule has 0 saturated carbocycles. The summed E-state index contributed by atoms with van der Waals surface area (Å²) in [5.41, 5.74) is 0. The van der Waals surface area contributed by atoms with Crippen LogP contribution in [-0.2, 0) is 14.6 Å². The molecule has 0 amide bonds. The van der Waals surface area contributed by atoms with E-state index in [2.05, 4.69) is 23.6 Å². The first-order chi connectivity index (χ1) is 4.63. The van der Waals surface area contributed by atoms with Crippen LogP contribution in [-0.4, -0.2) is 12.6 Å². The Bertz CT molecular complexity index is 109. The summed E-state index contributed by atoms with van der Waals surface area (Å²) in [7, 11) is 0. The van der Waals surface area contributed by atoms with Crippen molar-refractivity contribution in [2.24, 2.45) is 5.92 Å². The van der Waals surface area contributed by atoms with E-state index in [-0.39, 0.29) is 31.0 Å². The van der Waals surface area contributed by atoms with Crippen molar-refractivity contribution in [3.8, 4) is 0 Å². The maximum Gasteiger partial charge on any atom is 1.00 e. The molecule has 4 heteroatoms. The third-order valence-corrected chi connectivity index (χ3v) is 0.955. The van der Waals surface area contributed by atoms with Crippen LogP contribution in [0.4, 0.5) is 0 Å². The standard InChI is InChI=1S/C7H14O3.Na.H/c1-6(2)4-5-9-10-7(3)8;;/h6H,4-5H2,1-3H3;;/q;+1;-1. The molecule has 0 radical (unpaired) electrons. The second-order valence-corrected chi connectivity index (χ2v) is 2.58. The predicted molar refractivity (Wildman–Crippen MR) is 38.3 cm³/mol. The van der Waals surface area contributed by atoms with E-state index in [9.17, 15) is 4.79 Å². The normalized spacial score (nSPS) is 9.09. The largest absolute Gasteiger partial charge is 1.00 e. The molecule has 0 heterocycles. The summed E-state index contributed by atoms with van der Waals surface area (Å²) in [4.78, 5) is 19.0. The molecule has 0 aromatic carbocycles. The summed E-state index contributed by atoms with van der Waals surface area (Å²) >= 11 is 0. The van der Waals surface area contributed by atoms with Crippen LogP contribution in [0, 0.1) is 5.92 Å². The second-order valence-electron chi connectivity index (χ2n) is 2.58. The molecule has 3 nitrogen and oxygen atoms in total. The second kappa shape index (κ2) is 8.53. The Morgan fingerprint density at radius 3 is 2.45 bits per heavy atom. The summed E-state index contributed by atoms with van der Waals surface area (Å²) in [5.74, 6) is 0.180. The van der Waals surface area contributed by atoms with Gasteiger partial charge in [-0.2, -0.15) is 4.89 Å². The van der Waals surface area contributed by atoms with Crippen LogP contribution < -0.4 is 29.6 Å². The molecule has 0 bridgehead atoms. The Morgan fingerprint density at radius 2 is 2.09 bits per heavy atom. The van der Waals surface area contributed by atoms with Gasteiger partial charge in [0.2, 0.25) is 0 Å². The van der Waals surface area contributed by atoms with E-state index in [1.807, 2.05) is 0 Å². The third-order valence-electron chi connectivity index (χ3n) is 0.955. The van der Waals surface area contributed by atoms with Crippen LogP contribution in [0.5, 0.6) is 0 Å². The van der Waals surface area contributed by atoms with E-state index >= 15 is 0 Å². The molecule has 0 saturated heterocycles. The van der Waals surface area contributed by atoms with Crippen LogP contribution in [0.15, 0.2) is 0 Å².